The zero-order valence-corrected chi connectivity index (χ0v) is 10.5. The highest BCUT2D eigenvalue weighted by molar-refractivity contribution is 7.89. The number of carbonyl (C=O) groups is 1. The lowest BCUT2D eigenvalue weighted by Crippen LogP contribution is -2.24. The Kier molecular flexibility index (Phi) is 4.25. The van der Waals surface area contributed by atoms with Gasteiger partial charge in [0.05, 0.1) is 10.6 Å². The Morgan fingerprint density at radius 1 is 1.50 bits per heavy atom. The topological polar surface area (TPSA) is 115 Å². The minimum Gasteiger partial charge on any atom is -0.380 e. The summed E-state index contributed by atoms with van der Waals surface area (Å²) in [4.78, 5) is 10.4. The molecule has 6 nitrogen and oxygen atoms in total. The summed E-state index contributed by atoms with van der Waals surface area (Å²) in [6.07, 6.45) is 0.0381. The molecule has 1 atom stereocenters. The molecule has 1 amide bonds. The predicted molar refractivity (Wildman–Crippen MR) is 64.7 cm³/mol. The normalized spacial score (nSPS) is 13.1. The molecule has 18 heavy (non-hydrogen) atoms. The van der Waals surface area contributed by atoms with Gasteiger partial charge in [0, 0.05) is 12.5 Å². The summed E-state index contributed by atoms with van der Waals surface area (Å²) in [7, 11) is -3.93. The maximum absolute atomic E-state index is 13.6. The average Bonchev–Trinajstić information content (AvgIpc) is 2.18. The lowest BCUT2D eigenvalue weighted by molar-refractivity contribution is -0.118. The third-order valence-corrected chi connectivity index (χ3v) is 3.09. The van der Waals surface area contributed by atoms with Crippen LogP contribution in [0.1, 0.15) is 13.3 Å². The van der Waals surface area contributed by atoms with Gasteiger partial charge in [0.15, 0.2) is 0 Å². The summed E-state index contributed by atoms with van der Waals surface area (Å²) >= 11 is 0. The largest absolute Gasteiger partial charge is 0.380 e. The van der Waals surface area contributed by atoms with Gasteiger partial charge in [0.2, 0.25) is 15.9 Å². The number of nitrogens with one attached hydrogen (secondary N) is 1. The first kappa shape index (κ1) is 14.4. The summed E-state index contributed by atoms with van der Waals surface area (Å²) in [5, 5.41) is 7.58. The highest BCUT2D eigenvalue weighted by Crippen LogP contribution is 2.19. The van der Waals surface area contributed by atoms with Crippen LogP contribution in [0, 0.1) is 5.82 Å². The molecular weight excluding hydrogens is 261 g/mol. The van der Waals surface area contributed by atoms with E-state index in [1.807, 2.05) is 0 Å². The van der Waals surface area contributed by atoms with E-state index in [4.69, 9.17) is 10.9 Å². The van der Waals surface area contributed by atoms with Gasteiger partial charge >= 0.3 is 0 Å². The van der Waals surface area contributed by atoms with Crippen LogP contribution in [0.5, 0.6) is 0 Å². The number of hydrogen-bond donors (Lipinski definition) is 3. The third-order valence-electron chi connectivity index (χ3n) is 2.18. The molecule has 1 unspecified atom stereocenters. The second-order valence-electron chi connectivity index (χ2n) is 3.90. The monoisotopic (exact) mass is 275 g/mol. The molecule has 0 fully saturated rings. The van der Waals surface area contributed by atoms with Crippen LogP contribution >= 0.6 is 0 Å². The fourth-order valence-electron chi connectivity index (χ4n) is 1.41. The van der Waals surface area contributed by atoms with Gasteiger partial charge < -0.3 is 11.1 Å². The molecule has 5 N–H and O–H groups in total. The quantitative estimate of drug-likeness (QED) is 0.709. The van der Waals surface area contributed by atoms with Crippen LogP contribution in [-0.2, 0) is 14.8 Å². The van der Waals surface area contributed by atoms with Crippen LogP contribution in [0.3, 0.4) is 0 Å². The van der Waals surface area contributed by atoms with Crippen molar-refractivity contribution in [3.8, 4) is 0 Å². The van der Waals surface area contributed by atoms with Crippen molar-refractivity contribution in [2.75, 3.05) is 5.32 Å². The van der Waals surface area contributed by atoms with Gasteiger partial charge in [0.1, 0.15) is 5.82 Å². The van der Waals surface area contributed by atoms with E-state index in [9.17, 15) is 17.6 Å². The Balaban J connectivity index is 2.90. The molecule has 8 heteroatoms. The van der Waals surface area contributed by atoms with Gasteiger partial charge in [-0.15, -0.1) is 0 Å². The molecule has 0 saturated carbocycles. The van der Waals surface area contributed by atoms with E-state index >= 15 is 0 Å². The van der Waals surface area contributed by atoms with Gasteiger partial charge in [-0.1, -0.05) is 0 Å². The second-order valence-corrected chi connectivity index (χ2v) is 5.46. The Morgan fingerprint density at radius 3 is 2.56 bits per heavy atom. The molecule has 100 valence electrons. The van der Waals surface area contributed by atoms with E-state index in [1.54, 1.807) is 6.92 Å². The first-order chi connectivity index (χ1) is 8.20. The Labute approximate surface area is 104 Å². The summed E-state index contributed by atoms with van der Waals surface area (Å²) in [5.74, 6) is -1.28. The number of hydrogen-bond acceptors (Lipinski definition) is 4. The highest BCUT2D eigenvalue weighted by atomic mass is 32.2. The van der Waals surface area contributed by atoms with Crippen LogP contribution in [0.4, 0.5) is 10.1 Å². The van der Waals surface area contributed by atoms with Gasteiger partial charge in [0.25, 0.3) is 0 Å². The maximum atomic E-state index is 13.6. The average molecular weight is 275 g/mol. The van der Waals surface area contributed by atoms with E-state index in [2.05, 4.69) is 5.32 Å². The highest BCUT2D eigenvalue weighted by Gasteiger charge is 2.13. The molecule has 0 aliphatic heterocycles. The Bertz CT molecular complexity index is 559. The fraction of sp³-hybridized carbons (Fsp3) is 0.300. The van der Waals surface area contributed by atoms with Crippen molar-refractivity contribution < 1.29 is 17.6 Å². The zero-order valence-electron chi connectivity index (χ0n) is 9.68. The van der Waals surface area contributed by atoms with Crippen molar-refractivity contribution in [1.29, 1.82) is 0 Å². The minimum atomic E-state index is -3.93. The summed E-state index contributed by atoms with van der Waals surface area (Å²) in [6, 6.07) is 2.87. The standard InChI is InChI=1S/C10H14FN3O3S/c1-6(4-10(12)15)14-9-3-2-7(5-8(9)11)18(13,16)17/h2-3,5-6,14H,4H2,1H3,(H2,12,15)(H2,13,16,17). The predicted octanol–water partition coefficient (Wildman–Crippen LogP) is 0.149. The molecule has 1 rings (SSSR count). The van der Waals surface area contributed by atoms with Crippen LogP contribution in [0.15, 0.2) is 23.1 Å². The van der Waals surface area contributed by atoms with Crippen LogP contribution in [0.2, 0.25) is 0 Å². The Hall–Kier alpha value is -1.67. The summed E-state index contributed by atoms with van der Waals surface area (Å²) < 4.78 is 35.6. The van der Waals surface area contributed by atoms with E-state index in [1.165, 1.54) is 12.1 Å². The molecule has 0 aliphatic rings. The number of nitrogens with two attached hydrogens (primary N) is 2. The van der Waals surface area contributed by atoms with Crippen molar-refractivity contribution in [2.45, 2.75) is 24.3 Å². The zero-order chi connectivity index (χ0) is 13.9. The van der Waals surface area contributed by atoms with E-state index in [-0.39, 0.29) is 23.0 Å². The first-order valence-corrected chi connectivity index (χ1v) is 6.62. The van der Waals surface area contributed by atoms with E-state index in [0.29, 0.717) is 0 Å². The lowest BCUT2D eigenvalue weighted by atomic mass is 10.2. The molecule has 0 radical (unpaired) electrons. The number of rotatable bonds is 5. The smallest absolute Gasteiger partial charge is 0.238 e. The number of carbonyl (C=O) groups excluding carboxylic acids is 1. The number of primary amides is 1. The van der Waals surface area contributed by atoms with Crippen LogP contribution in [-0.4, -0.2) is 20.4 Å². The summed E-state index contributed by atoms with van der Waals surface area (Å²) in [6.45, 7) is 1.65. The van der Waals surface area contributed by atoms with E-state index < -0.39 is 21.7 Å². The fourth-order valence-corrected chi connectivity index (χ4v) is 1.93. The van der Waals surface area contributed by atoms with Gasteiger partial charge in [-0.3, -0.25) is 4.79 Å². The van der Waals surface area contributed by atoms with Gasteiger partial charge in [-0.05, 0) is 25.1 Å². The number of benzene rings is 1. The third kappa shape index (κ3) is 3.97. The SMILES string of the molecule is CC(CC(N)=O)Nc1ccc(S(N)(=O)=O)cc1F. The molecule has 0 aromatic heterocycles. The lowest BCUT2D eigenvalue weighted by Gasteiger charge is -2.14. The molecule has 0 aliphatic carbocycles. The summed E-state index contributed by atoms with van der Waals surface area (Å²) in [5.41, 5.74) is 5.08. The maximum Gasteiger partial charge on any atom is 0.238 e. The van der Waals surface area contributed by atoms with Crippen molar-refractivity contribution in [1.82, 2.24) is 0 Å². The molecule has 0 bridgehead atoms. The molecule has 1 aromatic carbocycles. The minimum absolute atomic E-state index is 0.0381. The van der Waals surface area contributed by atoms with E-state index in [0.717, 1.165) is 6.07 Å². The number of anilines is 1. The number of sulfonamides is 1. The van der Waals surface area contributed by atoms with Crippen molar-refractivity contribution in [2.24, 2.45) is 10.9 Å². The molecular formula is C10H14FN3O3S. The van der Waals surface area contributed by atoms with Crippen LogP contribution in [0.25, 0.3) is 0 Å². The van der Waals surface area contributed by atoms with Crippen molar-refractivity contribution in [3.05, 3.63) is 24.0 Å². The second kappa shape index (κ2) is 5.32. The number of primary sulfonamides is 1. The number of halogens is 1. The number of amides is 1. The van der Waals surface area contributed by atoms with Gasteiger partial charge in [-0.2, -0.15) is 0 Å². The molecule has 0 heterocycles. The first-order valence-electron chi connectivity index (χ1n) is 5.07. The molecule has 0 saturated heterocycles. The Morgan fingerprint density at radius 2 is 2.11 bits per heavy atom. The van der Waals surface area contributed by atoms with Crippen LogP contribution < -0.4 is 16.2 Å². The van der Waals surface area contributed by atoms with Crippen molar-refractivity contribution in [3.63, 3.8) is 0 Å². The molecule has 1 aromatic rings. The van der Waals surface area contributed by atoms with Gasteiger partial charge in [-0.25, -0.2) is 17.9 Å². The van der Waals surface area contributed by atoms with Crippen molar-refractivity contribution >= 4 is 21.6 Å². The molecule has 0 spiro atoms.